The Morgan fingerprint density at radius 1 is 0.938 bits per heavy atom. The van der Waals surface area contributed by atoms with Gasteiger partial charge in [0.25, 0.3) is 0 Å². The molecule has 2 heterocycles. The summed E-state index contributed by atoms with van der Waals surface area (Å²) < 4.78 is 17.9. The van der Waals surface area contributed by atoms with Crippen molar-refractivity contribution in [2.24, 2.45) is 0 Å². The van der Waals surface area contributed by atoms with Gasteiger partial charge >= 0.3 is 0 Å². The van der Waals surface area contributed by atoms with Gasteiger partial charge in [0.05, 0.1) is 38.8 Å². The highest BCUT2D eigenvalue weighted by Crippen LogP contribution is 2.38. The highest BCUT2D eigenvalue weighted by molar-refractivity contribution is 5.99. The van der Waals surface area contributed by atoms with Gasteiger partial charge in [-0.15, -0.1) is 0 Å². The molecule has 7 nitrogen and oxygen atoms in total. The van der Waals surface area contributed by atoms with Crippen molar-refractivity contribution >= 4 is 11.4 Å². The first-order valence-electron chi connectivity index (χ1n) is 10.4. The van der Waals surface area contributed by atoms with E-state index in [9.17, 15) is 4.79 Å². The number of ketones is 1. The second kappa shape index (κ2) is 8.00. The Morgan fingerprint density at radius 2 is 1.75 bits per heavy atom. The Kier molecular flexibility index (Phi) is 5.01. The zero-order valence-corrected chi connectivity index (χ0v) is 18.2. The van der Waals surface area contributed by atoms with Crippen LogP contribution in [0.5, 0.6) is 17.2 Å². The number of fused-ring (bicyclic) bond motifs is 2. The maximum absolute atomic E-state index is 13.0. The number of aromatic nitrogens is 3. The normalized spacial score (nSPS) is 15.5. The standard InChI is InChI=1S/C25H23N3O4/c1-30-17-6-4-5-15(9-17)20-13-26-28-14-21-22(27-25(20)28)10-16(11-23(21)29)19-8-7-18(31-2)12-24(19)32-3/h4-9,12-14,16H,10-11H2,1-3H3. The number of nitrogens with zero attached hydrogens (tertiary/aromatic N) is 3. The Morgan fingerprint density at radius 3 is 2.53 bits per heavy atom. The summed E-state index contributed by atoms with van der Waals surface area (Å²) >= 11 is 0. The lowest BCUT2D eigenvalue weighted by atomic mass is 9.81. The fraction of sp³-hybridized carbons (Fsp3) is 0.240. The first-order chi connectivity index (χ1) is 15.6. The number of ether oxygens (including phenoxy) is 3. The van der Waals surface area contributed by atoms with E-state index in [2.05, 4.69) is 5.10 Å². The smallest absolute Gasteiger partial charge is 0.166 e. The minimum Gasteiger partial charge on any atom is -0.497 e. The van der Waals surface area contributed by atoms with Crippen molar-refractivity contribution in [1.82, 2.24) is 14.6 Å². The van der Waals surface area contributed by atoms with E-state index in [1.165, 1.54) is 0 Å². The molecule has 1 unspecified atom stereocenters. The number of Topliss-reactive ketones (excluding diaryl/α,β-unsaturated/α-hetero) is 1. The summed E-state index contributed by atoms with van der Waals surface area (Å²) in [6, 6.07) is 13.5. The van der Waals surface area contributed by atoms with E-state index in [0.717, 1.165) is 33.9 Å². The molecule has 0 saturated heterocycles. The maximum Gasteiger partial charge on any atom is 0.166 e. The molecule has 0 fully saturated rings. The largest absolute Gasteiger partial charge is 0.497 e. The minimum absolute atomic E-state index is 0.0194. The summed E-state index contributed by atoms with van der Waals surface area (Å²) in [6.45, 7) is 0. The number of rotatable bonds is 5. The van der Waals surface area contributed by atoms with Gasteiger partial charge in [-0.1, -0.05) is 18.2 Å². The molecule has 0 spiro atoms. The average Bonchev–Trinajstić information content (AvgIpc) is 3.25. The monoisotopic (exact) mass is 429 g/mol. The lowest BCUT2D eigenvalue weighted by Gasteiger charge is -2.25. The van der Waals surface area contributed by atoms with Crippen LogP contribution in [-0.2, 0) is 6.42 Å². The quantitative estimate of drug-likeness (QED) is 0.470. The van der Waals surface area contributed by atoms with Crippen LogP contribution in [0.1, 0.15) is 34.0 Å². The van der Waals surface area contributed by atoms with Crippen LogP contribution in [0, 0.1) is 0 Å². The summed E-state index contributed by atoms with van der Waals surface area (Å²) in [5.74, 6) is 2.24. The Hall–Kier alpha value is -3.87. The molecule has 2 aromatic carbocycles. The van der Waals surface area contributed by atoms with E-state index in [1.807, 2.05) is 42.5 Å². The molecule has 1 atom stereocenters. The zero-order chi connectivity index (χ0) is 22.2. The predicted octanol–water partition coefficient (Wildman–Crippen LogP) is 4.33. The van der Waals surface area contributed by atoms with Gasteiger partial charge < -0.3 is 14.2 Å². The van der Waals surface area contributed by atoms with Crippen LogP contribution >= 0.6 is 0 Å². The molecular weight excluding hydrogens is 406 g/mol. The number of carbonyl (C=O) groups is 1. The molecule has 0 aliphatic heterocycles. The first kappa shape index (κ1) is 20.1. The van der Waals surface area contributed by atoms with Crippen LogP contribution in [0.3, 0.4) is 0 Å². The number of hydrogen-bond donors (Lipinski definition) is 0. The van der Waals surface area contributed by atoms with E-state index in [1.54, 1.807) is 38.2 Å². The lowest BCUT2D eigenvalue weighted by molar-refractivity contribution is 0.0962. The molecule has 0 N–H and O–H groups in total. The molecule has 2 aromatic heterocycles. The second-order valence-electron chi connectivity index (χ2n) is 7.80. The fourth-order valence-corrected chi connectivity index (χ4v) is 4.34. The van der Waals surface area contributed by atoms with Gasteiger partial charge in [0.15, 0.2) is 11.4 Å². The van der Waals surface area contributed by atoms with E-state index in [0.29, 0.717) is 29.8 Å². The molecule has 7 heteroatoms. The second-order valence-corrected chi connectivity index (χ2v) is 7.80. The van der Waals surface area contributed by atoms with Gasteiger partial charge in [-0.2, -0.15) is 5.10 Å². The highest BCUT2D eigenvalue weighted by Gasteiger charge is 2.30. The third-order valence-corrected chi connectivity index (χ3v) is 6.01. The predicted molar refractivity (Wildman–Crippen MR) is 120 cm³/mol. The Balaban J connectivity index is 1.57. The van der Waals surface area contributed by atoms with Crippen LogP contribution in [0.15, 0.2) is 54.9 Å². The van der Waals surface area contributed by atoms with E-state index < -0.39 is 0 Å². The molecule has 162 valence electrons. The summed E-state index contributed by atoms with van der Waals surface area (Å²) in [6.07, 6.45) is 4.61. The van der Waals surface area contributed by atoms with Gasteiger partial charge in [-0.3, -0.25) is 4.79 Å². The zero-order valence-electron chi connectivity index (χ0n) is 18.2. The van der Waals surface area contributed by atoms with Crippen LogP contribution < -0.4 is 14.2 Å². The van der Waals surface area contributed by atoms with E-state index in [-0.39, 0.29) is 11.7 Å². The van der Waals surface area contributed by atoms with Gasteiger partial charge in [-0.05, 0) is 35.7 Å². The average molecular weight is 429 g/mol. The van der Waals surface area contributed by atoms with Crippen molar-refractivity contribution in [1.29, 1.82) is 0 Å². The number of methoxy groups -OCH3 is 3. The van der Waals surface area contributed by atoms with Gasteiger partial charge in [0.2, 0.25) is 0 Å². The molecule has 4 aromatic rings. The molecule has 0 bridgehead atoms. The van der Waals surface area contributed by atoms with Crippen molar-refractivity contribution in [3.8, 4) is 28.4 Å². The highest BCUT2D eigenvalue weighted by atomic mass is 16.5. The van der Waals surface area contributed by atoms with Crippen molar-refractivity contribution in [2.75, 3.05) is 21.3 Å². The number of benzene rings is 2. The summed E-state index contributed by atoms with van der Waals surface area (Å²) in [5, 5.41) is 4.44. The third-order valence-electron chi connectivity index (χ3n) is 6.01. The van der Waals surface area contributed by atoms with Gasteiger partial charge in [-0.25, -0.2) is 9.50 Å². The number of carbonyl (C=O) groups excluding carboxylic acids is 1. The summed E-state index contributed by atoms with van der Waals surface area (Å²) in [4.78, 5) is 17.9. The molecular formula is C25H23N3O4. The van der Waals surface area contributed by atoms with Crippen LogP contribution in [-0.4, -0.2) is 41.7 Å². The van der Waals surface area contributed by atoms with Crippen molar-refractivity contribution in [2.45, 2.75) is 18.8 Å². The first-order valence-corrected chi connectivity index (χ1v) is 10.4. The van der Waals surface area contributed by atoms with Crippen molar-refractivity contribution < 1.29 is 19.0 Å². The van der Waals surface area contributed by atoms with Gasteiger partial charge in [0.1, 0.15) is 17.2 Å². The van der Waals surface area contributed by atoms with Crippen molar-refractivity contribution in [3.05, 3.63) is 71.7 Å². The molecule has 1 aliphatic carbocycles. The molecule has 1 aliphatic rings. The lowest BCUT2D eigenvalue weighted by Crippen LogP contribution is -2.21. The Bertz CT molecular complexity index is 1330. The summed E-state index contributed by atoms with van der Waals surface area (Å²) in [5.41, 5.74) is 4.95. The summed E-state index contributed by atoms with van der Waals surface area (Å²) in [7, 11) is 4.89. The van der Waals surface area contributed by atoms with Crippen molar-refractivity contribution in [3.63, 3.8) is 0 Å². The molecule has 0 saturated carbocycles. The Labute approximate surface area is 185 Å². The van der Waals surface area contributed by atoms with Crippen LogP contribution in [0.2, 0.25) is 0 Å². The maximum atomic E-state index is 13.0. The molecule has 32 heavy (non-hydrogen) atoms. The van der Waals surface area contributed by atoms with Gasteiger partial charge in [0, 0.05) is 30.2 Å². The fourth-order valence-electron chi connectivity index (χ4n) is 4.34. The SMILES string of the molecule is COc1cccc(-c2cnn3cc4c(nc23)CC(c2ccc(OC)cc2OC)CC4=O)c1. The third kappa shape index (κ3) is 3.36. The topological polar surface area (TPSA) is 75.0 Å². The molecule has 5 rings (SSSR count). The molecule has 0 amide bonds. The van der Waals surface area contributed by atoms with Crippen LogP contribution in [0.4, 0.5) is 0 Å². The van der Waals surface area contributed by atoms with Crippen LogP contribution in [0.25, 0.3) is 16.8 Å². The van der Waals surface area contributed by atoms with E-state index >= 15 is 0 Å². The van der Waals surface area contributed by atoms with E-state index in [4.69, 9.17) is 19.2 Å². The minimum atomic E-state index is -0.0194. The molecule has 0 radical (unpaired) electrons. The number of hydrogen-bond acceptors (Lipinski definition) is 6.